The van der Waals surface area contributed by atoms with Gasteiger partial charge >= 0.3 is 18.4 Å². The van der Waals surface area contributed by atoms with Crippen LogP contribution in [0.2, 0.25) is 0 Å². The van der Waals surface area contributed by atoms with Crippen LogP contribution in [-0.4, -0.2) is 55.0 Å². The van der Waals surface area contributed by atoms with Crippen LogP contribution in [-0.2, 0) is 27.0 Å². The first-order valence-electron chi connectivity index (χ1n) is 9.47. The molecule has 0 unspecified atom stereocenters. The van der Waals surface area contributed by atoms with Gasteiger partial charge in [-0.05, 0) is 30.9 Å². The molecule has 1 aliphatic carbocycles. The van der Waals surface area contributed by atoms with Gasteiger partial charge in [0.15, 0.2) is 0 Å². The number of amides is 2. The van der Waals surface area contributed by atoms with Crippen molar-refractivity contribution in [3.63, 3.8) is 0 Å². The van der Waals surface area contributed by atoms with E-state index in [0.29, 0.717) is 38.6 Å². The Morgan fingerprint density at radius 1 is 1.30 bits per heavy atom. The van der Waals surface area contributed by atoms with Crippen LogP contribution < -0.4 is 5.32 Å². The molecule has 30 heavy (non-hydrogen) atoms. The van der Waals surface area contributed by atoms with Crippen molar-refractivity contribution in [2.24, 2.45) is 5.92 Å². The van der Waals surface area contributed by atoms with Crippen molar-refractivity contribution in [2.45, 2.75) is 37.3 Å². The van der Waals surface area contributed by atoms with Gasteiger partial charge in [0.1, 0.15) is 24.1 Å². The zero-order valence-electron chi connectivity index (χ0n) is 15.8. The highest BCUT2D eigenvalue weighted by atomic mass is 19.4. The maximum Gasteiger partial charge on any atom is 0.416 e. The average molecular weight is 432 g/mol. The average Bonchev–Trinajstić information content (AvgIpc) is 3.00. The second kappa shape index (κ2) is 7.60. The SMILES string of the molecule is O=C1NC2(CO1)CN(C(=O)O[C@H]1C[C@@H](COCc3ccc(C(F)(F)F)cc3F)C1)C2. The molecule has 0 bridgehead atoms. The predicted octanol–water partition coefficient (Wildman–Crippen LogP) is 3.07. The van der Waals surface area contributed by atoms with E-state index >= 15 is 0 Å². The second-order valence-corrected chi connectivity index (χ2v) is 8.00. The Morgan fingerprint density at radius 2 is 2.03 bits per heavy atom. The zero-order chi connectivity index (χ0) is 21.5. The van der Waals surface area contributed by atoms with Crippen molar-refractivity contribution < 1.29 is 41.4 Å². The highest BCUT2D eigenvalue weighted by Crippen LogP contribution is 2.33. The molecule has 2 heterocycles. The Bertz CT molecular complexity index is 835. The van der Waals surface area contributed by atoms with Gasteiger partial charge in [0.05, 0.1) is 31.9 Å². The second-order valence-electron chi connectivity index (χ2n) is 8.00. The van der Waals surface area contributed by atoms with Crippen LogP contribution in [0.15, 0.2) is 18.2 Å². The van der Waals surface area contributed by atoms with Crippen LogP contribution in [0.5, 0.6) is 0 Å². The molecule has 11 heteroatoms. The zero-order valence-corrected chi connectivity index (χ0v) is 15.8. The molecule has 1 N–H and O–H groups in total. The van der Waals surface area contributed by atoms with Gasteiger partial charge in [0.2, 0.25) is 0 Å². The third-order valence-corrected chi connectivity index (χ3v) is 5.54. The number of alkyl halides is 3. The molecule has 3 aliphatic rings. The summed E-state index contributed by atoms with van der Waals surface area (Å²) in [5.41, 5.74) is -1.48. The van der Waals surface area contributed by atoms with E-state index in [9.17, 15) is 27.2 Å². The molecule has 164 valence electrons. The fourth-order valence-electron chi connectivity index (χ4n) is 3.78. The van der Waals surface area contributed by atoms with Gasteiger partial charge in [0, 0.05) is 5.56 Å². The molecule has 1 saturated carbocycles. The number of halogens is 4. The van der Waals surface area contributed by atoms with Crippen molar-refractivity contribution in [3.05, 3.63) is 35.1 Å². The van der Waals surface area contributed by atoms with Crippen molar-refractivity contribution in [2.75, 3.05) is 26.3 Å². The molecule has 0 aromatic heterocycles. The number of ether oxygens (including phenoxy) is 3. The number of rotatable bonds is 5. The summed E-state index contributed by atoms with van der Waals surface area (Å²) in [6.45, 7) is 1.09. The number of nitrogens with one attached hydrogen (secondary N) is 1. The quantitative estimate of drug-likeness (QED) is 0.724. The molecule has 1 aromatic rings. The van der Waals surface area contributed by atoms with Gasteiger partial charge in [-0.1, -0.05) is 6.07 Å². The standard InChI is InChI=1S/C19H20F4N2O5/c20-15-5-13(19(21,22)23)2-1-12(15)7-28-6-11-3-14(4-11)30-17(27)25-8-18(9-25)10-29-16(26)24-18/h1-2,5,11,14H,3-4,6-10H2,(H,24,26)/t11-,14+. The third kappa shape index (κ3) is 4.30. The number of carbonyl (C=O) groups is 2. The van der Waals surface area contributed by atoms with E-state index in [1.165, 1.54) is 4.90 Å². The number of likely N-dealkylation sites (tertiary alicyclic amines) is 1. The van der Waals surface area contributed by atoms with Crippen molar-refractivity contribution in [1.29, 1.82) is 0 Å². The van der Waals surface area contributed by atoms with Gasteiger partial charge in [-0.3, -0.25) is 0 Å². The van der Waals surface area contributed by atoms with E-state index < -0.39 is 35.3 Å². The van der Waals surface area contributed by atoms with Crippen molar-refractivity contribution >= 4 is 12.2 Å². The molecule has 3 fully saturated rings. The van der Waals surface area contributed by atoms with Crippen LogP contribution in [0.1, 0.15) is 24.0 Å². The van der Waals surface area contributed by atoms with Gasteiger partial charge in [-0.2, -0.15) is 13.2 Å². The first-order valence-corrected chi connectivity index (χ1v) is 9.47. The lowest BCUT2D eigenvalue weighted by Crippen LogP contribution is -2.70. The van der Waals surface area contributed by atoms with E-state index in [1.807, 2.05) is 0 Å². The molecule has 1 spiro atoms. The van der Waals surface area contributed by atoms with Crippen molar-refractivity contribution in [3.8, 4) is 0 Å². The van der Waals surface area contributed by atoms with Gasteiger partial charge < -0.3 is 24.4 Å². The number of cyclic esters (lactones) is 1. The lowest BCUT2D eigenvalue weighted by Gasteiger charge is -2.46. The molecular weight excluding hydrogens is 412 g/mol. The number of nitrogens with zero attached hydrogens (tertiary/aromatic N) is 1. The van der Waals surface area contributed by atoms with Crippen LogP contribution in [0, 0.1) is 11.7 Å². The number of hydrogen-bond donors (Lipinski definition) is 1. The Morgan fingerprint density at radius 3 is 2.63 bits per heavy atom. The summed E-state index contributed by atoms with van der Waals surface area (Å²) in [6, 6.07) is 2.35. The molecule has 0 atom stereocenters. The summed E-state index contributed by atoms with van der Waals surface area (Å²) in [4.78, 5) is 24.7. The lowest BCUT2D eigenvalue weighted by atomic mass is 9.83. The fraction of sp³-hybridized carbons (Fsp3) is 0.579. The number of carbonyl (C=O) groups excluding carboxylic acids is 2. The summed E-state index contributed by atoms with van der Waals surface area (Å²) in [7, 11) is 0. The van der Waals surface area contributed by atoms with Gasteiger partial charge in [0.25, 0.3) is 0 Å². The molecule has 4 rings (SSSR count). The molecular formula is C19H20F4N2O5. The molecule has 7 nitrogen and oxygen atoms in total. The normalized spacial score (nSPS) is 24.7. The lowest BCUT2D eigenvalue weighted by molar-refractivity contribution is -0.137. The summed E-state index contributed by atoms with van der Waals surface area (Å²) in [5, 5.41) is 2.68. The van der Waals surface area contributed by atoms with E-state index in [-0.39, 0.29) is 30.8 Å². The summed E-state index contributed by atoms with van der Waals surface area (Å²) >= 11 is 0. The van der Waals surface area contributed by atoms with Gasteiger partial charge in [-0.25, -0.2) is 14.0 Å². The highest BCUT2D eigenvalue weighted by molar-refractivity contribution is 5.74. The number of benzene rings is 1. The minimum absolute atomic E-state index is 0.0556. The minimum atomic E-state index is -4.59. The maximum absolute atomic E-state index is 13.8. The number of alkyl carbamates (subject to hydrolysis) is 1. The van der Waals surface area contributed by atoms with E-state index in [2.05, 4.69) is 5.32 Å². The maximum atomic E-state index is 13.8. The largest absolute Gasteiger partial charge is 0.447 e. The number of hydrogen-bond acceptors (Lipinski definition) is 5. The highest BCUT2D eigenvalue weighted by Gasteiger charge is 2.52. The van der Waals surface area contributed by atoms with Crippen LogP contribution in [0.25, 0.3) is 0 Å². The van der Waals surface area contributed by atoms with Crippen LogP contribution >= 0.6 is 0 Å². The Balaban J connectivity index is 1.13. The topological polar surface area (TPSA) is 77.1 Å². The van der Waals surface area contributed by atoms with Gasteiger partial charge in [-0.15, -0.1) is 0 Å². The first-order chi connectivity index (χ1) is 14.1. The summed E-state index contributed by atoms with van der Waals surface area (Å²) in [5.74, 6) is -0.827. The third-order valence-electron chi connectivity index (χ3n) is 5.54. The molecule has 2 saturated heterocycles. The Labute approximate surface area is 169 Å². The molecule has 0 radical (unpaired) electrons. The Hall–Kier alpha value is -2.56. The van der Waals surface area contributed by atoms with E-state index in [4.69, 9.17) is 14.2 Å². The van der Waals surface area contributed by atoms with Crippen LogP contribution in [0.3, 0.4) is 0 Å². The fourth-order valence-corrected chi connectivity index (χ4v) is 3.78. The predicted molar refractivity (Wildman–Crippen MR) is 92.8 cm³/mol. The van der Waals surface area contributed by atoms with E-state index in [0.717, 1.165) is 12.1 Å². The van der Waals surface area contributed by atoms with Crippen LogP contribution in [0.4, 0.5) is 27.2 Å². The minimum Gasteiger partial charge on any atom is -0.447 e. The summed E-state index contributed by atoms with van der Waals surface area (Å²) < 4.78 is 67.1. The molecule has 1 aromatic carbocycles. The smallest absolute Gasteiger partial charge is 0.416 e. The molecule has 2 aliphatic heterocycles. The van der Waals surface area contributed by atoms with Crippen molar-refractivity contribution in [1.82, 2.24) is 10.2 Å². The molecule has 2 amide bonds. The first kappa shape index (κ1) is 20.7. The summed E-state index contributed by atoms with van der Waals surface area (Å²) in [6.07, 6.45) is -4.56. The Kier molecular flexibility index (Phi) is 5.25. The monoisotopic (exact) mass is 432 g/mol. The van der Waals surface area contributed by atoms with E-state index in [1.54, 1.807) is 0 Å².